The molecule has 0 bridgehead atoms. The summed E-state index contributed by atoms with van der Waals surface area (Å²) in [6.07, 6.45) is 5.23. The Morgan fingerprint density at radius 2 is 2.47 bits per heavy atom. The molecule has 1 aromatic heterocycles. The fourth-order valence-corrected chi connectivity index (χ4v) is 2.47. The summed E-state index contributed by atoms with van der Waals surface area (Å²) in [5, 5.41) is 13.1. The Morgan fingerprint density at radius 3 is 3.06 bits per heavy atom. The molecule has 0 aliphatic carbocycles. The lowest BCUT2D eigenvalue weighted by Crippen LogP contribution is -2.47. The molecule has 1 fully saturated rings. The Bertz CT molecular complexity index is 417. The molecule has 0 aromatic carbocycles. The van der Waals surface area contributed by atoms with Crippen LogP contribution in [0.3, 0.4) is 0 Å². The van der Waals surface area contributed by atoms with Crippen molar-refractivity contribution in [3.63, 3.8) is 0 Å². The van der Waals surface area contributed by atoms with Gasteiger partial charge in [0.05, 0.1) is 10.4 Å². The SMILES string of the molecule is O=C(O)C1(Cc2ccncc2Cl)CCCNC1. The number of nitrogens with zero attached hydrogens (tertiary/aromatic N) is 1. The molecule has 1 aliphatic heterocycles. The summed E-state index contributed by atoms with van der Waals surface area (Å²) in [6.45, 7) is 1.39. The maximum absolute atomic E-state index is 11.5. The van der Waals surface area contributed by atoms with Crippen LogP contribution in [0.4, 0.5) is 0 Å². The first-order valence-electron chi connectivity index (χ1n) is 5.67. The molecule has 2 N–H and O–H groups in total. The van der Waals surface area contributed by atoms with Crippen LogP contribution in [0, 0.1) is 5.41 Å². The average molecular weight is 255 g/mol. The zero-order valence-corrected chi connectivity index (χ0v) is 10.2. The minimum Gasteiger partial charge on any atom is -0.481 e. The summed E-state index contributed by atoms with van der Waals surface area (Å²) in [7, 11) is 0. The van der Waals surface area contributed by atoms with E-state index >= 15 is 0 Å². The largest absolute Gasteiger partial charge is 0.481 e. The number of nitrogens with one attached hydrogen (secondary N) is 1. The first-order chi connectivity index (χ1) is 8.14. The number of rotatable bonds is 3. The number of piperidine rings is 1. The first kappa shape index (κ1) is 12.3. The van der Waals surface area contributed by atoms with Gasteiger partial charge in [-0.05, 0) is 37.4 Å². The second kappa shape index (κ2) is 5.02. The third-order valence-electron chi connectivity index (χ3n) is 3.31. The van der Waals surface area contributed by atoms with Gasteiger partial charge in [0.25, 0.3) is 0 Å². The molecule has 0 radical (unpaired) electrons. The van der Waals surface area contributed by atoms with E-state index in [2.05, 4.69) is 10.3 Å². The van der Waals surface area contributed by atoms with Crippen molar-refractivity contribution in [2.45, 2.75) is 19.3 Å². The smallest absolute Gasteiger partial charge is 0.311 e. The number of aromatic nitrogens is 1. The van der Waals surface area contributed by atoms with Gasteiger partial charge < -0.3 is 10.4 Å². The van der Waals surface area contributed by atoms with Gasteiger partial charge in [0.15, 0.2) is 0 Å². The number of hydrogen-bond acceptors (Lipinski definition) is 3. The van der Waals surface area contributed by atoms with Gasteiger partial charge in [-0.15, -0.1) is 0 Å². The van der Waals surface area contributed by atoms with Crippen LogP contribution in [0.25, 0.3) is 0 Å². The minimum atomic E-state index is -0.752. The monoisotopic (exact) mass is 254 g/mol. The van der Waals surface area contributed by atoms with E-state index in [1.165, 1.54) is 0 Å². The predicted molar refractivity (Wildman–Crippen MR) is 65.1 cm³/mol. The van der Waals surface area contributed by atoms with E-state index in [4.69, 9.17) is 11.6 Å². The highest BCUT2D eigenvalue weighted by Gasteiger charge is 2.40. The van der Waals surface area contributed by atoms with Gasteiger partial charge in [-0.2, -0.15) is 0 Å². The van der Waals surface area contributed by atoms with Crippen LogP contribution in [0.2, 0.25) is 5.02 Å². The van der Waals surface area contributed by atoms with Crippen LogP contribution in [0.5, 0.6) is 0 Å². The van der Waals surface area contributed by atoms with Crippen LogP contribution < -0.4 is 5.32 Å². The number of carboxylic acids is 1. The lowest BCUT2D eigenvalue weighted by Gasteiger charge is -2.34. The zero-order valence-electron chi connectivity index (χ0n) is 9.45. The van der Waals surface area contributed by atoms with Crippen molar-refractivity contribution in [1.29, 1.82) is 0 Å². The first-order valence-corrected chi connectivity index (χ1v) is 6.04. The van der Waals surface area contributed by atoms with Crippen LogP contribution in [0.1, 0.15) is 18.4 Å². The third-order valence-corrected chi connectivity index (χ3v) is 3.65. The van der Waals surface area contributed by atoms with E-state index in [1.54, 1.807) is 18.5 Å². The van der Waals surface area contributed by atoms with Crippen molar-refractivity contribution >= 4 is 17.6 Å². The Kier molecular flexibility index (Phi) is 3.64. The van der Waals surface area contributed by atoms with Crippen molar-refractivity contribution in [3.8, 4) is 0 Å². The molecule has 5 heteroatoms. The number of carbonyl (C=O) groups is 1. The fourth-order valence-electron chi connectivity index (χ4n) is 2.29. The average Bonchev–Trinajstić information content (AvgIpc) is 2.33. The topological polar surface area (TPSA) is 62.2 Å². The van der Waals surface area contributed by atoms with E-state index < -0.39 is 11.4 Å². The fraction of sp³-hybridized carbons (Fsp3) is 0.500. The van der Waals surface area contributed by atoms with Gasteiger partial charge >= 0.3 is 5.97 Å². The molecule has 92 valence electrons. The third kappa shape index (κ3) is 2.58. The van der Waals surface area contributed by atoms with Crippen LogP contribution >= 0.6 is 11.6 Å². The van der Waals surface area contributed by atoms with Crippen molar-refractivity contribution in [3.05, 3.63) is 29.0 Å². The van der Waals surface area contributed by atoms with Gasteiger partial charge in [0, 0.05) is 18.9 Å². The number of hydrogen-bond donors (Lipinski definition) is 2. The maximum atomic E-state index is 11.5. The number of pyridine rings is 1. The molecule has 1 saturated heterocycles. The Morgan fingerprint density at radius 1 is 1.65 bits per heavy atom. The van der Waals surface area contributed by atoms with Gasteiger partial charge in [0.2, 0.25) is 0 Å². The van der Waals surface area contributed by atoms with E-state index in [1.807, 2.05) is 0 Å². The molecule has 17 heavy (non-hydrogen) atoms. The molecule has 0 spiro atoms. The normalized spacial score (nSPS) is 24.5. The minimum absolute atomic E-state index is 0.455. The molecular weight excluding hydrogens is 240 g/mol. The number of halogens is 1. The lowest BCUT2D eigenvalue weighted by atomic mass is 9.76. The Labute approximate surface area is 105 Å². The summed E-state index contributed by atoms with van der Waals surface area (Å²) in [4.78, 5) is 15.4. The zero-order chi connectivity index (χ0) is 12.3. The lowest BCUT2D eigenvalue weighted by molar-refractivity contribution is -0.150. The van der Waals surface area contributed by atoms with E-state index in [-0.39, 0.29) is 0 Å². The summed E-state index contributed by atoms with van der Waals surface area (Å²) < 4.78 is 0. The highest BCUT2D eigenvalue weighted by atomic mass is 35.5. The second-order valence-electron chi connectivity index (χ2n) is 4.51. The van der Waals surface area contributed by atoms with E-state index in [0.717, 1.165) is 18.5 Å². The van der Waals surface area contributed by atoms with Crippen molar-refractivity contribution in [2.24, 2.45) is 5.41 Å². The molecule has 2 heterocycles. The molecule has 2 rings (SSSR count). The van der Waals surface area contributed by atoms with Crippen molar-refractivity contribution in [1.82, 2.24) is 10.3 Å². The predicted octanol–water partition coefficient (Wildman–Crippen LogP) is 1.73. The number of carboxylic acid groups (broad SMARTS) is 1. The standard InChI is InChI=1S/C12H15ClN2O2/c13-10-7-14-5-2-9(10)6-12(11(16)17)3-1-4-15-8-12/h2,5,7,15H,1,3-4,6,8H2,(H,16,17). The summed E-state index contributed by atoms with van der Waals surface area (Å²) in [6, 6.07) is 1.79. The molecule has 0 amide bonds. The molecule has 4 nitrogen and oxygen atoms in total. The van der Waals surface area contributed by atoms with Crippen molar-refractivity contribution in [2.75, 3.05) is 13.1 Å². The molecule has 0 saturated carbocycles. The van der Waals surface area contributed by atoms with E-state index in [0.29, 0.717) is 24.4 Å². The summed E-state index contributed by atoms with van der Waals surface area (Å²) >= 11 is 6.03. The van der Waals surface area contributed by atoms with Gasteiger partial charge in [-0.25, -0.2) is 0 Å². The molecule has 1 atom stereocenters. The molecule has 1 aliphatic rings. The highest BCUT2D eigenvalue weighted by molar-refractivity contribution is 6.31. The quantitative estimate of drug-likeness (QED) is 0.862. The molecular formula is C12H15ClN2O2. The summed E-state index contributed by atoms with van der Waals surface area (Å²) in [5.41, 5.74) is 0.122. The summed E-state index contributed by atoms with van der Waals surface area (Å²) in [5.74, 6) is -0.752. The van der Waals surface area contributed by atoms with Gasteiger partial charge in [0.1, 0.15) is 0 Å². The van der Waals surface area contributed by atoms with Gasteiger partial charge in [-0.3, -0.25) is 9.78 Å². The van der Waals surface area contributed by atoms with Crippen molar-refractivity contribution < 1.29 is 9.90 Å². The number of aliphatic carboxylic acids is 1. The molecule has 1 unspecified atom stereocenters. The second-order valence-corrected chi connectivity index (χ2v) is 4.92. The Balaban J connectivity index is 2.24. The van der Waals surface area contributed by atoms with E-state index in [9.17, 15) is 9.90 Å². The van der Waals surface area contributed by atoms with Crippen LogP contribution in [-0.2, 0) is 11.2 Å². The molecule has 1 aromatic rings. The Hall–Kier alpha value is -1.13. The maximum Gasteiger partial charge on any atom is 0.311 e. The highest BCUT2D eigenvalue weighted by Crippen LogP contribution is 2.32. The van der Waals surface area contributed by atoms with Crippen LogP contribution in [-0.4, -0.2) is 29.1 Å². The van der Waals surface area contributed by atoms with Crippen LogP contribution in [0.15, 0.2) is 18.5 Å². The van der Waals surface area contributed by atoms with Gasteiger partial charge in [-0.1, -0.05) is 11.6 Å².